The number of para-hydroxylation sites is 2. The van der Waals surface area contributed by atoms with E-state index in [-0.39, 0.29) is 24.9 Å². The fourth-order valence-corrected chi connectivity index (χ4v) is 3.40. The summed E-state index contributed by atoms with van der Waals surface area (Å²) in [4.78, 5) is 27.5. The number of quaternary nitrogens is 1. The van der Waals surface area contributed by atoms with Gasteiger partial charge in [-0.25, -0.2) is 0 Å². The molecule has 2 aromatic heterocycles. The van der Waals surface area contributed by atoms with Gasteiger partial charge in [-0.2, -0.15) is 0 Å². The number of hydrogen-bond donors (Lipinski definition) is 2. The summed E-state index contributed by atoms with van der Waals surface area (Å²) >= 11 is 0. The van der Waals surface area contributed by atoms with Crippen molar-refractivity contribution in [3.8, 4) is 11.7 Å². The molecular weight excluding hydrogens is 374 g/mol. The van der Waals surface area contributed by atoms with Crippen LogP contribution in [0.15, 0.2) is 51.5 Å². The lowest BCUT2D eigenvalue weighted by molar-refractivity contribution is -0.907. The Morgan fingerprint density at radius 1 is 1.24 bits per heavy atom. The second-order valence-electron chi connectivity index (χ2n) is 6.88. The highest BCUT2D eigenvalue weighted by Gasteiger charge is 2.29. The number of furan rings is 1. The van der Waals surface area contributed by atoms with Gasteiger partial charge in [-0.3, -0.25) is 14.5 Å². The smallest absolute Gasteiger partial charge is 0.283 e. The number of amides is 2. The van der Waals surface area contributed by atoms with E-state index in [1.54, 1.807) is 24.5 Å². The number of fused-ring (bicyclic) bond motifs is 1. The second kappa shape index (κ2) is 8.27. The monoisotopic (exact) mass is 396 g/mol. The molecule has 0 saturated carbocycles. The van der Waals surface area contributed by atoms with E-state index in [0.29, 0.717) is 35.5 Å². The van der Waals surface area contributed by atoms with E-state index in [0.717, 1.165) is 17.9 Å². The highest BCUT2D eigenvalue weighted by molar-refractivity contribution is 6.10. The number of aromatic nitrogens is 2. The lowest BCUT2D eigenvalue weighted by Gasteiger charge is -2.30. The number of rotatable bonds is 7. The summed E-state index contributed by atoms with van der Waals surface area (Å²) in [5, 5.41) is 10.9. The first-order valence-electron chi connectivity index (χ1n) is 9.53. The highest BCUT2D eigenvalue weighted by Crippen LogP contribution is 2.28. The van der Waals surface area contributed by atoms with E-state index >= 15 is 0 Å². The molecule has 1 aliphatic heterocycles. The van der Waals surface area contributed by atoms with E-state index in [1.807, 2.05) is 18.2 Å². The van der Waals surface area contributed by atoms with Crippen LogP contribution < -0.4 is 15.1 Å². The summed E-state index contributed by atoms with van der Waals surface area (Å²) < 4.78 is 11.0. The van der Waals surface area contributed by atoms with Crippen molar-refractivity contribution in [2.75, 3.05) is 29.9 Å². The van der Waals surface area contributed by atoms with Crippen LogP contribution in [-0.4, -0.2) is 41.6 Å². The van der Waals surface area contributed by atoms with Crippen molar-refractivity contribution >= 4 is 23.2 Å². The molecule has 0 aliphatic carbocycles. The maximum atomic E-state index is 13.0. The molecule has 0 saturated heterocycles. The zero-order valence-electron chi connectivity index (χ0n) is 16.1. The van der Waals surface area contributed by atoms with Crippen molar-refractivity contribution in [1.29, 1.82) is 0 Å². The molecular formula is C20H22N5O4+. The molecule has 0 fully saturated rings. The molecule has 3 aromatic rings. The Balaban J connectivity index is 1.47. The molecule has 1 aromatic carbocycles. The van der Waals surface area contributed by atoms with Crippen LogP contribution in [0.5, 0.6) is 0 Å². The Morgan fingerprint density at radius 3 is 2.90 bits per heavy atom. The molecule has 0 spiro atoms. The Morgan fingerprint density at radius 2 is 2.10 bits per heavy atom. The zero-order chi connectivity index (χ0) is 20.2. The molecule has 1 atom stereocenters. The maximum Gasteiger partial charge on any atom is 0.283 e. The van der Waals surface area contributed by atoms with Gasteiger partial charge in [0.2, 0.25) is 5.91 Å². The van der Waals surface area contributed by atoms with Gasteiger partial charge in [0, 0.05) is 0 Å². The molecule has 0 bridgehead atoms. The molecule has 29 heavy (non-hydrogen) atoms. The highest BCUT2D eigenvalue weighted by atomic mass is 16.4. The van der Waals surface area contributed by atoms with Crippen molar-refractivity contribution in [1.82, 2.24) is 10.2 Å². The van der Waals surface area contributed by atoms with Crippen LogP contribution in [0.2, 0.25) is 0 Å². The van der Waals surface area contributed by atoms with Gasteiger partial charge in [0.1, 0.15) is 6.54 Å². The van der Waals surface area contributed by atoms with E-state index in [9.17, 15) is 9.59 Å². The SMILES string of the molecule is CCC[NH+](CC(=O)N1CC(=O)Nc2ccccc21)Cc1nnc(-c2ccco2)o1. The molecule has 1 aliphatic rings. The van der Waals surface area contributed by atoms with Crippen molar-refractivity contribution < 1.29 is 23.3 Å². The Hall–Kier alpha value is -3.46. The van der Waals surface area contributed by atoms with Crippen LogP contribution >= 0.6 is 0 Å². The van der Waals surface area contributed by atoms with Crippen LogP contribution in [0.25, 0.3) is 11.7 Å². The third kappa shape index (κ3) is 4.19. The normalized spacial score (nSPS) is 14.4. The second-order valence-corrected chi connectivity index (χ2v) is 6.88. The largest absolute Gasteiger partial charge is 0.459 e. The lowest BCUT2D eigenvalue weighted by Crippen LogP contribution is -3.12. The van der Waals surface area contributed by atoms with E-state index < -0.39 is 0 Å². The van der Waals surface area contributed by atoms with Crippen LogP contribution in [0.3, 0.4) is 0 Å². The van der Waals surface area contributed by atoms with Gasteiger partial charge >= 0.3 is 0 Å². The maximum absolute atomic E-state index is 13.0. The van der Waals surface area contributed by atoms with Gasteiger partial charge in [0.25, 0.3) is 17.7 Å². The van der Waals surface area contributed by atoms with Crippen LogP contribution in [0.4, 0.5) is 11.4 Å². The first kappa shape index (κ1) is 18.9. The minimum atomic E-state index is -0.200. The average molecular weight is 396 g/mol. The Kier molecular flexibility index (Phi) is 5.39. The number of hydrogen-bond acceptors (Lipinski definition) is 6. The van der Waals surface area contributed by atoms with Gasteiger partial charge < -0.3 is 19.1 Å². The molecule has 1 unspecified atom stereocenters. The minimum absolute atomic E-state index is 0.0124. The summed E-state index contributed by atoms with van der Waals surface area (Å²) in [6, 6.07) is 10.8. The summed E-state index contributed by atoms with van der Waals surface area (Å²) in [6.07, 6.45) is 2.43. The molecule has 3 heterocycles. The Bertz CT molecular complexity index is 998. The first-order valence-corrected chi connectivity index (χ1v) is 9.53. The van der Waals surface area contributed by atoms with Crippen molar-refractivity contribution in [3.05, 3.63) is 48.6 Å². The molecule has 9 heteroatoms. The van der Waals surface area contributed by atoms with Gasteiger partial charge in [-0.1, -0.05) is 19.1 Å². The number of nitrogens with zero attached hydrogens (tertiary/aromatic N) is 3. The van der Waals surface area contributed by atoms with Crippen molar-refractivity contribution in [2.24, 2.45) is 0 Å². The van der Waals surface area contributed by atoms with Gasteiger partial charge in [-0.15, -0.1) is 10.2 Å². The molecule has 4 rings (SSSR count). The quantitative estimate of drug-likeness (QED) is 0.620. The van der Waals surface area contributed by atoms with E-state index in [4.69, 9.17) is 8.83 Å². The lowest BCUT2D eigenvalue weighted by atomic mass is 10.2. The van der Waals surface area contributed by atoms with Crippen molar-refractivity contribution in [3.63, 3.8) is 0 Å². The fourth-order valence-electron chi connectivity index (χ4n) is 3.40. The third-order valence-corrected chi connectivity index (χ3v) is 4.68. The summed E-state index contributed by atoms with van der Waals surface area (Å²) in [7, 11) is 0. The standard InChI is InChI=1S/C20H21N5O4/c1-2-9-24(12-18-22-23-20(29-18)16-8-5-10-28-16)13-19(27)25-11-17(26)21-14-6-3-4-7-15(14)25/h3-8,10H,2,9,11-13H2,1H3,(H,21,26)/p+1. The number of anilines is 2. The molecule has 9 nitrogen and oxygen atoms in total. The summed E-state index contributed by atoms with van der Waals surface area (Å²) in [5.74, 6) is 0.932. The van der Waals surface area contributed by atoms with Gasteiger partial charge in [-0.05, 0) is 30.7 Å². The van der Waals surface area contributed by atoms with E-state index in [1.165, 1.54) is 4.90 Å². The predicted octanol–water partition coefficient (Wildman–Crippen LogP) is 1.11. The molecule has 150 valence electrons. The third-order valence-electron chi connectivity index (χ3n) is 4.68. The van der Waals surface area contributed by atoms with Crippen LogP contribution in [0.1, 0.15) is 19.2 Å². The molecule has 2 N–H and O–H groups in total. The fraction of sp³-hybridized carbons (Fsp3) is 0.300. The topological polar surface area (TPSA) is 106 Å². The number of benzene rings is 1. The number of nitrogens with one attached hydrogen (secondary N) is 2. The summed E-state index contributed by atoms with van der Waals surface area (Å²) in [6.45, 7) is 3.45. The van der Waals surface area contributed by atoms with E-state index in [2.05, 4.69) is 22.4 Å². The molecule has 0 radical (unpaired) electrons. The van der Waals surface area contributed by atoms with Gasteiger partial charge in [0.15, 0.2) is 18.8 Å². The Labute approximate surface area is 167 Å². The van der Waals surface area contributed by atoms with Crippen LogP contribution in [-0.2, 0) is 16.1 Å². The van der Waals surface area contributed by atoms with Crippen molar-refractivity contribution in [2.45, 2.75) is 19.9 Å². The first-order chi connectivity index (χ1) is 14.1. The van der Waals surface area contributed by atoms with Crippen LogP contribution in [0, 0.1) is 0 Å². The zero-order valence-corrected chi connectivity index (χ0v) is 16.1. The molecule has 2 amide bonds. The predicted molar refractivity (Wildman–Crippen MR) is 104 cm³/mol. The minimum Gasteiger partial charge on any atom is -0.459 e. The summed E-state index contributed by atoms with van der Waals surface area (Å²) in [5.41, 5.74) is 1.36. The number of carbonyl (C=O) groups is 2. The van der Waals surface area contributed by atoms with Gasteiger partial charge in [0.05, 0.1) is 24.2 Å². The average Bonchev–Trinajstić information content (AvgIpc) is 3.39. The number of carbonyl (C=O) groups excluding carboxylic acids is 2.